The molecule has 0 unspecified atom stereocenters. The van der Waals surface area contributed by atoms with Gasteiger partial charge >= 0.3 is 0 Å². The molecule has 2 rings (SSSR count). The maximum atomic E-state index is 11.5. The Kier molecular flexibility index (Phi) is 2.83. The fourth-order valence-electron chi connectivity index (χ4n) is 1.38. The predicted octanol–water partition coefficient (Wildman–Crippen LogP) is 0.140. The van der Waals surface area contributed by atoms with E-state index in [0.717, 1.165) is 5.56 Å². The van der Waals surface area contributed by atoms with E-state index < -0.39 is 0 Å². The molecular formula is C11H9N5O. The Balaban J connectivity index is 2.35. The standard InChI is InChI=1S/C11H9N5O/c12-6-9-5-8(3-4-14-9)7-16-11(17)2-1-10(13)15-16/h1-5H,7H2,(H2,13,15). The third kappa shape index (κ3) is 2.46. The lowest BCUT2D eigenvalue weighted by Crippen LogP contribution is -2.23. The monoisotopic (exact) mass is 227 g/mol. The van der Waals surface area contributed by atoms with Crippen molar-refractivity contribution in [2.75, 3.05) is 5.73 Å². The lowest BCUT2D eigenvalue weighted by atomic mass is 10.2. The van der Waals surface area contributed by atoms with Gasteiger partial charge in [0.1, 0.15) is 17.6 Å². The molecule has 2 N–H and O–H groups in total. The number of nitrogens with zero attached hydrogens (tertiary/aromatic N) is 4. The number of pyridine rings is 1. The van der Waals surface area contributed by atoms with Crippen LogP contribution < -0.4 is 11.3 Å². The van der Waals surface area contributed by atoms with Crippen LogP contribution in [0.5, 0.6) is 0 Å². The van der Waals surface area contributed by atoms with Gasteiger partial charge in [-0.3, -0.25) is 4.79 Å². The van der Waals surface area contributed by atoms with E-state index in [1.807, 2.05) is 6.07 Å². The van der Waals surface area contributed by atoms with Crippen molar-refractivity contribution in [2.24, 2.45) is 0 Å². The molecule has 2 aromatic rings. The third-order valence-corrected chi connectivity index (χ3v) is 2.16. The van der Waals surface area contributed by atoms with Crippen molar-refractivity contribution in [2.45, 2.75) is 6.54 Å². The Hall–Kier alpha value is -2.68. The molecule has 0 aliphatic heterocycles. The summed E-state index contributed by atoms with van der Waals surface area (Å²) < 4.78 is 1.24. The molecule has 0 saturated heterocycles. The zero-order valence-electron chi connectivity index (χ0n) is 8.87. The first-order valence-corrected chi connectivity index (χ1v) is 4.88. The molecule has 0 radical (unpaired) electrons. The number of nitrogen functional groups attached to an aromatic ring is 1. The molecule has 0 bridgehead atoms. The Morgan fingerprint density at radius 3 is 3.00 bits per heavy atom. The van der Waals surface area contributed by atoms with Gasteiger partial charge in [-0.15, -0.1) is 0 Å². The molecule has 6 heteroatoms. The van der Waals surface area contributed by atoms with Gasteiger partial charge in [-0.25, -0.2) is 9.67 Å². The van der Waals surface area contributed by atoms with E-state index in [1.165, 1.54) is 23.0 Å². The summed E-state index contributed by atoms with van der Waals surface area (Å²) in [4.78, 5) is 15.3. The van der Waals surface area contributed by atoms with Crippen LogP contribution in [0.1, 0.15) is 11.3 Å². The van der Waals surface area contributed by atoms with Crippen LogP contribution in [0.3, 0.4) is 0 Å². The second-order valence-electron chi connectivity index (χ2n) is 3.42. The highest BCUT2D eigenvalue weighted by Crippen LogP contribution is 2.02. The average molecular weight is 227 g/mol. The van der Waals surface area contributed by atoms with Crippen LogP contribution in [-0.4, -0.2) is 14.8 Å². The minimum absolute atomic E-state index is 0.241. The quantitative estimate of drug-likeness (QED) is 0.786. The maximum Gasteiger partial charge on any atom is 0.267 e. The lowest BCUT2D eigenvalue weighted by Gasteiger charge is -2.04. The normalized spacial score (nSPS) is 9.82. The summed E-state index contributed by atoms with van der Waals surface area (Å²) in [6.07, 6.45) is 1.52. The van der Waals surface area contributed by atoms with E-state index in [0.29, 0.717) is 5.69 Å². The second-order valence-corrected chi connectivity index (χ2v) is 3.42. The highest BCUT2D eigenvalue weighted by atomic mass is 16.1. The Morgan fingerprint density at radius 2 is 2.24 bits per heavy atom. The molecule has 0 saturated carbocycles. The first-order valence-electron chi connectivity index (χ1n) is 4.88. The van der Waals surface area contributed by atoms with E-state index >= 15 is 0 Å². The van der Waals surface area contributed by atoms with Crippen molar-refractivity contribution in [1.82, 2.24) is 14.8 Å². The van der Waals surface area contributed by atoms with E-state index in [1.54, 1.807) is 12.1 Å². The number of rotatable bonds is 2. The number of hydrogen-bond acceptors (Lipinski definition) is 5. The summed E-state index contributed by atoms with van der Waals surface area (Å²) in [6, 6.07) is 8.07. The fourth-order valence-corrected chi connectivity index (χ4v) is 1.38. The van der Waals surface area contributed by atoms with Crippen LogP contribution in [-0.2, 0) is 6.54 Å². The summed E-state index contributed by atoms with van der Waals surface area (Å²) in [5.74, 6) is 0.277. The molecule has 17 heavy (non-hydrogen) atoms. The van der Waals surface area contributed by atoms with Gasteiger partial charge in [0.2, 0.25) is 0 Å². The summed E-state index contributed by atoms with van der Waals surface area (Å²) in [5, 5.41) is 12.6. The summed E-state index contributed by atoms with van der Waals surface area (Å²) in [5.41, 5.74) is 6.34. The number of nitriles is 1. The van der Waals surface area contributed by atoms with Crippen LogP contribution in [0.2, 0.25) is 0 Å². The number of anilines is 1. The molecule has 2 aromatic heterocycles. The minimum Gasteiger partial charge on any atom is -0.382 e. The fraction of sp³-hybridized carbons (Fsp3) is 0.0909. The number of aromatic nitrogens is 3. The summed E-state index contributed by atoms with van der Waals surface area (Å²) in [6.45, 7) is 0.265. The van der Waals surface area contributed by atoms with Gasteiger partial charge in [-0.2, -0.15) is 10.4 Å². The smallest absolute Gasteiger partial charge is 0.267 e. The second kappa shape index (κ2) is 4.45. The van der Waals surface area contributed by atoms with E-state index in [-0.39, 0.29) is 17.9 Å². The van der Waals surface area contributed by atoms with Crippen LogP contribution in [0.4, 0.5) is 5.82 Å². The first-order chi connectivity index (χ1) is 8.19. The van der Waals surface area contributed by atoms with Crippen molar-refractivity contribution < 1.29 is 0 Å². The maximum absolute atomic E-state index is 11.5. The van der Waals surface area contributed by atoms with Crippen molar-refractivity contribution >= 4 is 5.82 Å². The largest absolute Gasteiger partial charge is 0.382 e. The molecular weight excluding hydrogens is 218 g/mol. The lowest BCUT2D eigenvalue weighted by molar-refractivity contribution is 0.643. The van der Waals surface area contributed by atoms with Crippen molar-refractivity contribution in [3.8, 4) is 6.07 Å². The Labute approximate surface area is 96.9 Å². The molecule has 84 valence electrons. The third-order valence-electron chi connectivity index (χ3n) is 2.16. The van der Waals surface area contributed by atoms with Crippen LogP contribution in [0.15, 0.2) is 35.3 Å². The molecule has 0 aromatic carbocycles. The highest BCUT2D eigenvalue weighted by Gasteiger charge is 2.01. The molecule has 2 heterocycles. The van der Waals surface area contributed by atoms with Crippen LogP contribution in [0.25, 0.3) is 0 Å². The summed E-state index contributed by atoms with van der Waals surface area (Å²) in [7, 11) is 0. The van der Waals surface area contributed by atoms with E-state index in [9.17, 15) is 4.79 Å². The van der Waals surface area contributed by atoms with Crippen molar-refractivity contribution in [3.05, 3.63) is 52.1 Å². The predicted molar refractivity (Wildman–Crippen MR) is 61.0 cm³/mol. The van der Waals surface area contributed by atoms with E-state index in [2.05, 4.69) is 10.1 Å². The molecule has 0 aliphatic carbocycles. The van der Waals surface area contributed by atoms with Gasteiger partial charge in [0, 0.05) is 12.3 Å². The number of nitrogens with two attached hydrogens (primary N) is 1. The average Bonchev–Trinajstić information content (AvgIpc) is 2.34. The molecule has 0 amide bonds. The molecule has 0 fully saturated rings. The van der Waals surface area contributed by atoms with Gasteiger partial charge in [-0.1, -0.05) is 0 Å². The Morgan fingerprint density at radius 1 is 1.41 bits per heavy atom. The SMILES string of the molecule is N#Cc1cc(Cn2nc(N)ccc2=O)ccn1. The van der Waals surface area contributed by atoms with Gasteiger partial charge < -0.3 is 5.73 Å². The molecule has 0 spiro atoms. The van der Waals surface area contributed by atoms with Gasteiger partial charge in [0.15, 0.2) is 0 Å². The number of hydrogen-bond donors (Lipinski definition) is 1. The minimum atomic E-state index is -0.241. The van der Waals surface area contributed by atoms with Crippen LogP contribution in [0, 0.1) is 11.3 Å². The van der Waals surface area contributed by atoms with Crippen molar-refractivity contribution in [3.63, 3.8) is 0 Å². The van der Waals surface area contributed by atoms with Crippen LogP contribution >= 0.6 is 0 Å². The zero-order valence-corrected chi connectivity index (χ0v) is 8.87. The topological polar surface area (TPSA) is 97.6 Å². The molecule has 0 aliphatic rings. The van der Waals surface area contributed by atoms with Gasteiger partial charge in [0.05, 0.1) is 6.54 Å². The first kappa shape index (κ1) is 10.8. The molecule has 6 nitrogen and oxygen atoms in total. The summed E-state index contributed by atoms with van der Waals surface area (Å²) >= 11 is 0. The zero-order chi connectivity index (χ0) is 12.3. The van der Waals surface area contributed by atoms with E-state index in [4.69, 9.17) is 11.0 Å². The molecule has 0 atom stereocenters. The Bertz CT molecular complexity index is 641. The van der Waals surface area contributed by atoms with Gasteiger partial charge in [-0.05, 0) is 23.8 Å². The highest BCUT2D eigenvalue weighted by molar-refractivity contribution is 5.26. The van der Waals surface area contributed by atoms with Crippen molar-refractivity contribution in [1.29, 1.82) is 5.26 Å². The van der Waals surface area contributed by atoms with Gasteiger partial charge in [0.25, 0.3) is 5.56 Å².